The maximum atomic E-state index is 4.72. The predicted octanol–water partition coefficient (Wildman–Crippen LogP) is 3.69. The molecule has 1 fully saturated rings. The maximum absolute atomic E-state index is 4.72. The zero-order valence-corrected chi connectivity index (χ0v) is 15.4. The summed E-state index contributed by atoms with van der Waals surface area (Å²) in [5.74, 6) is 1.80. The lowest BCUT2D eigenvalue weighted by molar-refractivity contribution is 0.503. The SMILES string of the molecule is Cn1cc(C2CCN(c3ncnc4sc5c(c34)CCCC5)CC2)cn1. The lowest BCUT2D eigenvalue weighted by Crippen LogP contribution is -2.33. The number of aromatic nitrogens is 4. The summed E-state index contributed by atoms with van der Waals surface area (Å²) in [6.45, 7) is 2.13. The molecule has 0 atom stereocenters. The van der Waals surface area contributed by atoms with Gasteiger partial charge in [-0.1, -0.05) is 0 Å². The molecule has 1 aliphatic heterocycles. The molecule has 130 valence electrons. The molecule has 5 nitrogen and oxygen atoms in total. The van der Waals surface area contributed by atoms with Crippen molar-refractivity contribution in [1.29, 1.82) is 0 Å². The van der Waals surface area contributed by atoms with Crippen LogP contribution in [0.15, 0.2) is 18.7 Å². The van der Waals surface area contributed by atoms with Crippen molar-refractivity contribution in [3.05, 3.63) is 34.7 Å². The van der Waals surface area contributed by atoms with Crippen LogP contribution in [0, 0.1) is 0 Å². The van der Waals surface area contributed by atoms with Crippen LogP contribution in [0.25, 0.3) is 10.2 Å². The molecule has 2 aliphatic rings. The fourth-order valence-corrected chi connectivity index (χ4v) is 5.61. The van der Waals surface area contributed by atoms with Gasteiger partial charge >= 0.3 is 0 Å². The summed E-state index contributed by atoms with van der Waals surface area (Å²) in [6, 6.07) is 0. The number of rotatable bonds is 2. The van der Waals surface area contributed by atoms with E-state index in [0.29, 0.717) is 5.92 Å². The first-order chi connectivity index (χ1) is 12.3. The van der Waals surface area contributed by atoms with Crippen LogP contribution in [0.5, 0.6) is 0 Å². The summed E-state index contributed by atoms with van der Waals surface area (Å²) >= 11 is 1.89. The van der Waals surface area contributed by atoms with Gasteiger partial charge in [0.2, 0.25) is 0 Å². The first kappa shape index (κ1) is 15.3. The number of nitrogens with zero attached hydrogens (tertiary/aromatic N) is 5. The molecule has 0 unspecified atom stereocenters. The second-order valence-electron chi connectivity index (χ2n) is 7.30. The van der Waals surface area contributed by atoms with Crippen molar-refractivity contribution in [1.82, 2.24) is 19.7 Å². The lowest BCUT2D eigenvalue weighted by atomic mass is 9.91. The summed E-state index contributed by atoms with van der Waals surface area (Å²) in [5, 5.41) is 5.68. The van der Waals surface area contributed by atoms with Crippen LogP contribution in [0.4, 0.5) is 5.82 Å². The Morgan fingerprint density at radius 2 is 1.96 bits per heavy atom. The van der Waals surface area contributed by atoms with Crippen LogP contribution in [0.1, 0.15) is 47.6 Å². The van der Waals surface area contributed by atoms with Gasteiger partial charge in [-0.05, 0) is 55.6 Å². The highest BCUT2D eigenvalue weighted by Crippen LogP contribution is 2.40. The van der Waals surface area contributed by atoms with E-state index >= 15 is 0 Å². The molecule has 5 rings (SSSR count). The quantitative estimate of drug-likeness (QED) is 0.705. The fraction of sp³-hybridized carbons (Fsp3) is 0.526. The van der Waals surface area contributed by atoms with Crippen LogP contribution in [0.2, 0.25) is 0 Å². The molecular weight excluding hydrogens is 330 g/mol. The van der Waals surface area contributed by atoms with Crippen molar-refractivity contribution >= 4 is 27.4 Å². The zero-order valence-electron chi connectivity index (χ0n) is 14.6. The van der Waals surface area contributed by atoms with Gasteiger partial charge in [0, 0.05) is 31.2 Å². The van der Waals surface area contributed by atoms with Gasteiger partial charge in [0.25, 0.3) is 0 Å². The second-order valence-corrected chi connectivity index (χ2v) is 8.38. The van der Waals surface area contributed by atoms with E-state index in [-0.39, 0.29) is 0 Å². The number of anilines is 1. The standard InChI is InChI=1S/C19H23N5S/c1-23-11-14(10-22-23)13-6-8-24(9-7-13)18-17-15-4-2-3-5-16(15)25-19(17)21-12-20-18/h10-13H,2-9H2,1H3. The van der Waals surface area contributed by atoms with Crippen molar-refractivity contribution in [2.45, 2.75) is 44.4 Å². The normalized spacial score (nSPS) is 18.7. The van der Waals surface area contributed by atoms with E-state index in [0.717, 1.165) is 13.1 Å². The van der Waals surface area contributed by atoms with E-state index in [1.165, 1.54) is 65.7 Å². The minimum atomic E-state index is 0.624. The van der Waals surface area contributed by atoms with E-state index < -0.39 is 0 Å². The molecule has 0 radical (unpaired) electrons. The highest BCUT2D eigenvalue weighted by Gasteiger charge is 2.26. The second kappa shape index (κ2) is 6.09. The number of hydrogen-bond donors (Lipinski definition) is 0. The molecule has 3 aromatic rings. The first-order valence-corrected chi connectivity index (χ1v) is 10.1. The Bertz CT molecular complexity index is 904. The smallest absolute Gasteiger partial charge is 0.141 e. The van der Waals surface area contributed by atoms with Crippen LogP contribution < -0.4 is 4.90 Å². The number of fused-ring (bicyclic) bond motifs is 3. The lowest BCUT2D eigenvalue weighted by Gasteiger charge is -2.33. The molecule has 0 saturated carbocycles. The molecule has 4 heterocycles. The Kier molecular flexibility index (Phi) is 3.73. The highest BCUT2D eigenvalue weighted by atomic mass is 32.1. The molecule has 0 amide bonds. The topological polar surface area (TPSA) is 46.8 Å². The molecule has 1 aliphatic carbocycles. The third kappa shape index (κ3) is 2.63. The van der Waals surface area contributed by atoms with Crippen molar-refractivity contribution in [3.63, 3.8) is 0 Å². The molecule has 6 heteroatoms. The van der Waals surface area contributed by atoms with Gasteiger partial charge in [-0.25, -0.2) is 9.97 Å². The minimum Gasteiger partial charge on any atom is -0.356 e. The zero-order chi connectivity index (χ0) is 16.8. The van der Waals surface area contributed by atoms with Gasteiger partial charge in [-0.15, -0.1) is 11.3 Å². The van der Waals surface area contributed by atoms with E-state index in [1.807, 2.05) is 29.3 Å². The Labute approximate surface area is 151 Å². The summed E-state index contributed by atoms with van der Waals surface area (Å²) < 4.78 is 1.91. The van der Waals surface area contributed by atoms with Gasteiger partial charge in [0.1, 0.15) is 17.0 Å². The Balaban J connectivity index is 1.43. The van der Waals surface area contributed by atoms with Crippen molar-refractivity contribution in [2.24, 2.45) is 7.05 Å². The maximum Gasteiger partial charge on any atom is 0.141 e. The Morgan fingerprint density at radius 1 is 1.12 bits per heavy atom. The molecule has 3 aromatic heterocycles. The van der Waals surface area contributed by atoms with Crippen LogP contribution >= 0.6 is 11.3 Å². The van der Waals surface area contributed by atoms with Gasteiger partial charge in [-0.2, -0.15) is 5.10 Å². The van der Waals surface area contributed by atoms with Crippen LogP contribution in [0.3, 0.4) is 0 Å². The van der Waals surface area contributed by atoms with E-state index in [9.17, 15) is 0 Å². The first-order valence-electron chi connectivity index (χ1n) is 9.28. The predicted molar refractivity (Wildman–Crippen MR) is 101 cm³/mol. The fourth-order valence-electron chi connectivity index (χ4n) is 4.39. The van der Waals surface area contributed by atoms with E-state index in [1.54, 1.807) is 11.2 Å². The van der Waals surface area contributed by atoms with Crippen LogP contribution in [-0.4, -0.2) is 32.8 Å². The van der Waals surface area contributed by atoms with E-state index in [4.69, 9.17) is 4.98 Å². The monoisotopic (exact) mass is 353 g/mol. The average molecular weight is 353 g/mol. The molecule has 1 saturated heterocycles. The molecule has 25 heavy (non-hydrogen) atoms. The molecule has 0 bridgehead atoms. The summed E-state index contributed by atoms with van der Waals surface area (Å²) in [6.07, 6.45) is 13.3. The third-order valence-electron chi connectivity index (χ3n) is 5.72. The molecular formula is C19H23N5S. The summed E-state index contributed by atoms with van der Waals surface area (Å²) in [5.41, 5.74) is 2.92. The Morgan fingerprint density at radius 3 is 2.76 bits per heavy atom. The average Bonchev–Trinajstić information content (AvgIpc) is 3.25. The van der Waals surface area contributed by atoms with Gasteiger partial charge in [0.15, 0.2) is 0 Å². The van der Waals surface area contributed by atoms with Gasteiger partial charge in [0.05, 0.1) is 11.6 Å². The molecule has 0 spiro atoms. The number of thiophene rings is 1. The Hall–Kier alpha value is -1.95. The largest absolute Gasteiger partial charge is 0.356 e. The van der Waals surface area contributed by atoms with Crippen molar-refractivity contribution < 1.29 is 0 Å². The van der Waals surface area contributed by atoms with Crippen LogP contribution in [-0.2, 0) is 19.9 Å². The number of piperidine rings is 1. The summed E-state index contributed by atoms with van der Waals surface area (Å²) in [7, 11) is 2.00. The van der Waals surface area contributed by atoms with E-state index in [2.05, 4.69) is 21.2 Å². The van der Waals surface area contributed by atoms with Gasteiger partial charge < -0.3 is 4.90 Å². The third-order valence-corrected chi connectivity index (χ3v) is 6.92. The van der Waals surface area contributed by atoms with Gasteiger partial charge in [-0.3, -0.25) is 4.68 Å². The number of aryl methyl sites for hydroxylation is 3. The minimum absolute atomic E-state index is 0.624. The highest BCUT2D eigenvalue weighted by molar-refractivity contribution is 7.19. The summed E-state index contributed by atoms with van der Waals surface area (Å²) in [4.78, 5) is 14.5. The number of hydrogen-bond acceptors (Lipinski definition) is 5. The molecule has 0 aromatic carbocycles. The molecule has 0 N–H and O–H groups in total. The van der Waals surface area contributed by atoms with Crippen molar-refractivity contribution in [3.8, 4) is 0 Å². The van der Waals surface area contributed by atoms with Crippen molar-refractivity contribution in [2.75, 3.05) is 18.0 Å².